The first kappa shape index (κ1) is 24.1. The summed E-state index contributed by atoms with van der Waals surface area (Å²) in [5.74, 6) is -0.160. The Morgan fingerprint density at radius 1 is 0.941 bits per heavy atom. The van der Waals surface area contributed by atoms with Gasteiger partial charge in [0.1, 0.15) is 0 Å². The van der Waals surface area contributed by atoms with Crippen LogP contribution in [0.25, 0.3) is 10.8 Å². The highest BCUT2D eigenvalue weighted by atomic mass is 32.2. The van der Waals surface area contributed by atoms with E-state index in [1.807, 2.05) is 49.8 Å². The average Bonchev–Trinajstić information content (AvgIpc) is 3.37. The summed E-state index contributed by atoms with van der Waals surface area (Å²) >= 11 is 1.67. The molecule has 0 spiro atoms. The van der Waals surface area contributed by atoms with E-state index in [0.29, 0.717) is 12.1 Å². The second-order valence-corrected chi connectivity index (χ2v) is 11.0. The summed E-state index contributed by atoms with van der Waals surface area (Å²) in [7, 11) is 0.324. The molecule has 6 nitrogen and oxygen atoms in total. The number of amides is 1. The van der Waals surface area contributed by atoms with Crippen molar-refractivity contribution >= 4 is 38.0 Å². The maximum absolute atomic E-state index is 12.7. The Morgan fingerprint density at radius 3 is 2.35 bits per heavy atom. The highest BCUT2D eigenvalue weighted by Crippen LogP contribution is 2.22. The molecule has 176 valence electrons. The molecule has 1 atom stereocenters. The third kappa shape index (κ3) is 5.71. The normalized spacial score (nSPS) is 12.7. The molecule has 2 N–H and O–H groups in total. The number of carbonyl (C=O) groups excluding carboxylic acids is 1. The Hall–Kier alpha value is -3.04. The minimum Gasteiger partial charge on any atom is -0.350 e. The maximum atomic E-state index is 12.7. The number of rotatable bonds is 9. The van der Waals surface area contributed by atoms with E-state index in [2.05, 4.69) is 21.0 Å². The standard InChI is InChI=1S/C26H27N3O3S2/c1-29(2)24(25-8-5-15-33-25)18-27-26(30)21-11-9-19(10-12-21)17-28-34(31,32)23-14-13-20-6-3-4-7-22(20)16-23/h3-16,24,28H,17-18H2,1-2H3,(H,27,30). The molecule has 3 aromatic carbocycles. The van der Waals surface area contributed by atoms with Crippen LogP contribution in [0.5, 0.6) is 0 Å². The Kier molecular flexibility index (Phi) is 7.43. The SMILES string of the molecule is CN(C)C(CNC(=O)c1ccc(CNS(=O)(=O)c2ccc3ccccc3c2)cc1)c1cccs1. The number of sulfonamides is 1. The first-order valence-electron chi connectivity index (χ1n) is 10.9. The van der Waals surface area contributed by atoms with Crippen molar-refractivity contribution < 1.29 is 13.2 Å². The van der Waals surface area contributed by atoms with Crippen molar-refractivity contribution in [2.75, 3.05) is 20.6 Å². The fourth-order valence-corrected chi connectivity index (χ4v) is 5.66. The lowest BCUT2D eigenvalue weighted by atomic mass is 10.1. The van der Waals surface area contributed by atoms with Crippen LogP contribution in [-0.4, -0.2) is 39.9 Å². The third-order valence-electron chi connectivity index (χ3n) is 5.66. The number of carbonyl (C=O) groups is 1. The second kappa shape index (κ2) is 10.5. The van der Waals surface area contributed by atoms with Crippen LogP contribution < -0.4 is 10.0 Å². The van der Waals surface area contributed by atoms with E-state index in [9.17, 15) is 13.2 Å². The van der Waals surface area contributed by atoms with Crippen LogP contribution >= 0.6 is 11.3 Å². The van der Waals surface area contributed by atoms with Crippen molar-refractivity contribution in [2.45, 2.75) is 17.5 Å². The summed E-state index contributed by atoms with van der Waals surface area (Å²) in [4.78, 5) is 16.1. The van der Waals surface area contributed by atoms with Crippen LogP contribution in [0.1, 0.15) is 26.8 Å². The molecule has 0 saturated carbocycles. The molecule has 1 aromatic heterocycles. The molecular formula is C26H27N3O3S2. The monoisotopic (exact) mass is 493 g/mol. The van der Waals surface area contributed by atoms with Gasteiger partial charge in [-0.15, -0.1) is 11.3 Å². The number of nitrogens with one attached hydrogen (secondary N) is 2. The second-order valence-electron chi connectivity index (χ2n) is 8.24. The zero-order chi connectivity index (χ0) is 24.1. The summed E-state index contributed by atoms with van der Waals surface area (Å²) in [6, 6.07) is 23.8. The van der Waals surface area contributed by atoms with Gasteiger partial charge in [0.2, 0.25) is 10.0 Å². The van der Waals surface area contributed by atoms with Gasteiger partial charge in [-0.05, 0) is 66.1 Å². The third-order valence-corrected chi connectivity index (χ3v) is 8.04. The number of hydrogen-bond donors (Lipinski definition) is 2. The van der Waals surface area contributed by atoms with Crippen molar-refractivity contribution in [3.8, 4) is 0 Å². The number of benzene rings is 3. The summed E-state index contributed by atoms with van der Waals surface area (Å²) in [6.45, 7) is 0.637. The van der Waals surface area contributed by atoms with Gasteiger partial charge in [0.05, 0.1) is 10.9 Å². The molecule has 34 heavy (non-hydrogen) atoms. The predicted octanol–water partition coefficient (Wildman–Crippen LogP) is 4.41. The lowest BCUT2D eigenvalue weighted by Gasteiger charge is -2.23. The molecule has 0 aliphatic carbocycles. The number of nitrogens with zero attached hydrogens (tertiary/aromatic N) is 1. The fourth-order valence-electron chi connectivity index (χ4n) is 3.68. The largest absolute Gasteiger partial charge is 0.350 e. The fraction of sp³-hybridized carbons (Fsp3) is 0.192. The Balaban J connectivity index is 1.36. The number of likely N-dealkylation sites (N-methyl/N-ethyl adjacent to an activating group) is 1. The van der Waals surface area contributed by atoms with E-state index >= 15 is 0 Å². The van der Waals surface area contributed by atoms with Crippen molar-refractivity contribution in [3.63, 3.8) is 0 Å². The van der Waals surface area contributed by atoms with Gasteiger partial charge >= 0.3 is 0 Å². The summed E-state index contributed by atoms with van der Waals surface area (Å²) in [6.07, 6.45) is 0. The molecule has 1 amide bonds. The van der Waals surface area contributed by atoms with Crippen LogP contribution in [0.15, 0.2) is 89.1 Å². The summed E-state index contributed by atoms with van der Waals surface area (Å²) in [5.41, 5.74) is 1.30. The lowest BCUT2D eigenvalue weighted by molar-refractivity contribution is 0.0942. The Labute approximate surface area is 204 Å². The van der Waals surface area contributed by atoms with Crippen molar-refractivity contribution in [2.24, 2.45) is 0 Å². The number of thiophene rings is 1. The minimum absolute atomic E-state index is 0.104. The van der Waals surface area contributed by atoms with Gasteiger partial charge in [-0.25, -0.2) is 13.1 Å². The number of fused-ring (bicyclic) bond motifs is 1. The van der Waals surface area contributed by atoms with Crippen molar-refractivity contribution in [3.05, 3.63) is 100 Å². The summed E-state index contributed by atoms with van der Waals surface area (Å²) in [5, 5.41) is 6.88. The van der Waals surface area contributed by atoms with E-state index in [-0.39, 0.29) is 23.4 Å². The molecule has 0 bridgehead atoms. The van der Waals surface area contributed by atoms with Gasteiger partial charge < -0.3 is 10.2 Å². The van der Waals surface area contributed by atoms with E-state index < -0.39 is 10.0 Å². The van der Waals surface area contributed by atoms with Gasteiger partial charge in [0.25, 0.3) is 5.91 Å². The molecule has 0 radical (unpaired) electrons. The van der Waals surface area contributed by atoms with Crippen LogP contribution in [0.2, 0.25) is 0 Å². The quantitative estimate of drug-likeness (QED) is 0.362. The van der Waals surface area contributed by atoms with Crippen molar-refractivity contribution in [1.82, 2.24) is 14.9 Å². The lowest BCUT2D eigenvalue weighted by Crippen LogP contribution is -2.34. The molecule has 0 aliphatic heterocycles. The Morgan fingerprint density at radius 2 is 1.68 bits per heavy atom. The molecule has 8 heteroatoms. The summed E-state index contributed by atoms with van der Waals surface area (Å²) < 4.78 is 28.1. The Bertz CT molecular complexity index is 1370. The smallest absolute Gasteiger partial charge is 0.251 e. The van der Waals surface area contributed by atoms with Gasteiger partial charge in [-0.2, -0.15) is 0 Å². The molecule has 0 aliphatic rings. The maximum Gasteiger partial charge on any atom is 0.251 e. The van der Waals surface area contributed by atoms with E-state index in [0.717, 1.165) is 16.3 Å². The predicted molar refractivity (Wildman–Crippen MR) is 137 cm³/mol. The molecule has 4 aromatic rings. The van der Waals surface area contributed by atoms with Gasteiger partial charge in [-0.1, -0.05) is 48.5 Å². The minimum atomic E-state index is -3.66. The highest BCUT2D eigenvalue weighted by Gasteiger charge is 2.17. The number of hydrogen-bond acceptors (Lipinski definition) is 5. The van der Waals surface area contributed by atoms with Crippen LogP contribution in [-0.2, 0) is 16.6 Å². The zero-order valence-electron chi connectivity index (χ0n) is 19.1. The van der Waals surface area contributed by atoms with Crippen LogP contribution in [0, 0.1) is 0 Å². The van der Waals surface area contributed by atoms with Gasteiger partial charge in [0.15, 0.2) is 0 Å². The molecular weight excluding hydrogens is 466 g/mol. The first-order chi connectivity index (χ1) is 16.3. The molecule has 0 saturated heterocycles. The van der Waals surface area contributed by atoms with E-state index in [4.69, 9.17) is 0 Å². The van der Waals surface area contributed by atoms with Crippen LogP contribution in [0.3, 0.4) is 0 Å². The topological polar surface area (TPSA) is 78.5 Å². The molecule has 1 unspecified atom stereocenters. The van der Waals surface area contributed by atoms with E-state index in [1.54, 1.807) is 53.8 Å². The van der Waals surface area contributed by atoms with Gasteiger partial charge in [0, 0.05) is 23.5 Å². The molecule has 1 heterocycles. The zero-order valence-corrected chi connectivity index (χ0v) is 20.7. The molecule has 4 rings (SSSR count). The molecule has 0 fully saturated rings. The highest BCUT2D eigenvalue weighted by molar-refractivity contribution is 7.89. The average molecular weight is 494 g/mol. The first-order valence-corrected chi connectivity index (χ1v) is 13.3. The van der Waals surface area contributed by atoms with Gasteiger partial charge in [-0.3, -0.25) is 4.79 Å². The van der Waals surface area contributed by atoms with Crippen molar-refractivity contribution in [1.29, 1.82) is 0 Å². The van der Waals surface area contributed by atoms with Crippen LogP contribution in [0.4, 0.5) is 0 Å². The van der Waals surface area contributed by atoms with E-state index in [1.165, 1.54) is 4.88 Å².